The van der Waals surface area contributed by atoms with E-state index in [-0.39, 0.29) is 10.8 Å². The number of hydrogen-bond acceptors (Lipinski definition) is 2. The van der Waals surface area contributed by atoms with Crippen molar-refractivity contribution in [3.8, 4) is 12.3 Å². The molecule has 0 aliphatic heterocycles. The molecule has 7 atom stereocenters. The van der Waals surface area contributed by atoms with Gasteiger partial charge in [0.15, 0.2) is 0 Å². The summed E-state index contributed by atoms with van der Waals surface area (Å²) in [4.78, 5) is 0. The molecule has 0 aromatic heterocycles. The van der Waals surface area contributed by atoms with Crippen molar-refractivity contribution in [2.75, 3.05) is 0 Å². The number of rotatable bonds is 0. The average Bonchev–Trinajstić information content (AvgIpc) is 2.80. The van der Waals surface area contributed by atoms with Crippen molar-refractivity contribution in [2.24, 2.45) is 28.6 Å². The second kappa shape index (κ2) is 4.74. The molecule has 0 unspecified atom stereocenters. The highest BCUT2D eigenvalue weighted by atomic mass is 16.3. The first-order valence-corrected chi connectivity index (χ1v) is 9.13. The highest BCUT2D eigenvalue weighted by Gasteiger charge is 2.63. The maximum Gasteiger partial charge on any atom is 0.130 e. The highest BCUT2D eigenvalue weighted by molar-refractivity contribution is 5.34. The molecular weight excluding hydrogens is 284 g/mol. The Hall–Kier alpha value is -1.04. The van der Waals surface area contributed by atoms with E-state index < -0.39 is 11.7 Å². The van der Waals surface area contributed by atoms with Gasteiger partial charge in [-0.1, -0.05) is 43.6 Å². The van der Waals surface area contributed by atoms with Gasteiger partial charge in [0.25, 0.3) is 0 Å². The fraction of sp³-hybridized carbons (Fsp3) is 0.714. The largest absolute Gasteiger partial charge is 0.385 e. The minimum atomic E-state index is -0.918. The van der Waals surface area contributed by atoms with E-state index in [9.17, 15) is 10.2 Å². The number of terminal acetylenes is 1. The summed E-state index contributed by atoms with van der Waals surface area (Å²) < 4.78 is 0. The van der Waals surface area contributed by atoms with Crippen LogP contribution in [0.4, 0.5) is 0 Å². The normalized spacial score (nSPS) is 54.5. The van der Waals surface area contributed by atoms with Gasteiger partial charge < -0.3 is 10.2 Å². The molecule has 0 saturated heterocycles. The predicted octanol–water partition coefficient (Wildman–Crippen LogP) is 3.45. The van der Waals surface area contributed by atoms with E-state index in [2.05, 4.69) is 31.9 Å². The van der Waals surface area contributed by atoms with Crippen LogP contribution in [0.5, 0.6) is 0 Å². The molecule has 0 radical (unpaired) electrons. The monoisotopic (exact) mass is 312 g/mol. The van der Waals surface area contributed by atoms with E-state index in [0.29, 0.717) is 17.8 Å². The van der Waals surface area contributed by atoms with Crippen molar-refractivity contribution in [3.63, 3.8) is 0 Å². The first-order valence-electron chi connectivity index (χ1n) is 9.13. The minimum absolute atomic E-state index is 0.0837. The minimum Gasteiger partial charge on any atom is -0.385 e. The summed E-state index contributed by atoms with van der Waals surface area (Å²) in [7, 11) is 0. The molecule has 2 heteroatoms. The Morgan fingerprint density at radius 1 is 1.17 bits per heavy atom. The van der Waals surface area contributed by atoms with E-state index >= 15 is 0 Å². The van der Waals surface area contributed by atoms with Crippen LogP contribution in [-0.2, 0) is 0 Å². The van der Waals surface area contributed by atoms with Crippen molar-refractivity contribution in [1.29, 1.82) is 0 Å². The summed E-state index contributed by atoms with van der Waals surface area (Å²) in [6, 6.07) is 0. The maximum atomic E-state index is 11.0. The van der Waals surface area contributed by atoms with Crippen LogP contribution in [0.1, 0.15) is 52.4 Å². The lowest BCUT2D eigenvalue weighted by Gasteiger charge is -2.57. The summed E-state index contributed by atoms with van der Waals surface area (Å²) in [5.41, 5.74) is 0.458. The third kappa shape index (κ3) is 1.84. The van der Waals surface area contributed by atoms with Gasteiger partial charge in [0, 0.05) is 10.8 Å². The topological polar surface area (TPSA) is 40.5 Å². The molecule has 2 N–H and O–H groups in total. The van der Waals surface area contributed by atoms with Gasteiger partial charge in [-0.15, -0.1) is 6.42 Å². The standard InChI is InChI=1S/C21H28O2/c1-4-21(23)12-9-18-16-6-5-14-13-15(22)7-10-19(14,2)17(16)8-11-20(18,21)3/h1,7,10,13,15-18,22-23H,5-6,8-9,11-12H2,2-3H3/t15-,16+,17-,18-,19-,20+,21-/m0/s1. The van der Waals surface area contributed by atoms with Gasteiger partial charge in [-0.3, -0.25) is 0 Å². The van der Waals surface area contributed by atoms with Crippen LogP contribution in [0.3, 0.4) is 0 Å². The zero-order valence-corrected chi connectivity index (χ0v) is 14.3. The summed E-state index contributed by atoms with van der Waals surface area (Å²) in [6.07, 6.45) is 17.8. The van der Waals surface area contributed by atoms with Crippen LogP contribution < -0.4 is 0 Å². The van der Waals surface area contributed by atoms with Gasteiger partial charge in [-0.2, -0.15) is 0 Å². The lowest BCUT2D eigenvalue weighted by Crippen LogP contribution is -2.54. The summed E-state index contributed by atoms with van der Waals surface area (Å²) >= 11 is 0. The fourth-order valence-electron chi connectivity index (χ4n) is 6.57. The van der Waals surface area contributed by atoms with E-state index in [1.165, 1.54) is 12.0 Å². The van der Waals surface area contributed by atoms with Gasteiger partial charge in [0.05, 0.1) is 6.10 Å². The third-order valence-corrected chi connectivity index (χ3v) is 8.05. The smallest absolute Gasteiger partial charge is 0.130 e. The molecule has 4 aliphatic rings. The molecule has 0 aromatic rings. The number of hydrogen-bond donors (Lipinski definition) is 2. The molecule has 23 heavy (non-hydrogen) atoms. The van der Waals surface area contributed by atoms with Crippen LogP contribution in [0.25, 0.3) is 0 Å². The molecule has 0 amide bonds. The molecule has 4 aliphatic carbocycles. The second-order valence-corrected chi connectivity index (χ2v) is 8.74. The average molecular weight is 312 g/mol. The molecule has 0 heterocycles. The first-order chi connectivity index (χ1) is 10.8. The van der Waals surface area contributed by atoms with Gasteiger partial charge in [0.1, 0.15) is 5.60 Å². The quantitative estimate of drug-likeness (QED) is 0.531. The molecular formula is C21H28O2. The molecule has 124 valence electrons. The van der Waals surface area contributed by atoms with E-state index in [0.717, 1.165) is 32.1 Å². The highest BCUT2D eigenvalue weighted by Crippen LogP contribution is 2.66. The summed E-state index contributed by atoms with van der Waals surface area (Å²) in [5, 5.41) is 20.9. The first kappa shape index (κ1) is 15.5. The van der Waals surface area contributed by atoms with E-state index in [1.54, 1.807) is 0 Å². The van der Waals surface area contributed by atoms with Crippen molar-refractivity contribution in [2.45, 2.75) is 64.1 Å². The van der Waals surface area contributed by atoms with Gasteiger partial charge in [0.2, 0.25) is 0 Å². The third-order valence-electron chi connectivity index (χ3n) is 8.05. The Labute approximate surface area is 139 Å². The van der Waals surface area contributed by atoms with Crippen molar-refractivity contribution < 1.29 is 10.2 Å². The van der Waals surface area contributed by atoms with Gasteiger partial charge >= 0.3 is 0 Å². The maximum absolute atomic E-state index is 11.0. The Kier molecular flexibility index (Phi) is 3.19. The van der Waals surface area contributed by atoms with Gasteiger partial charge in [-0.25, -0.2) is 0 Å². The Bertz CT molecular complexity index is 626. The lowest BCUT2D eigenvalue weighted by atomic mass is 9.47. The predicted molar refractivity (Wildman–Crippen MR) is 91.4 cm³/mol. The number of allylic oxidation sites excluding steroid dienone is 2. The van der Waals surface area contributed by atoms with E-state index in [4.69, 9.17) is 6.42 Å². The molecule has 0 bridgehead atoms. The lowest BCUT2D eigenvalue weighted by molar-refractivity contribution is -0.0917. The molecule has 3 saturated carbocycles. The SMILES string of the molecule is C#C[C@]1(O)CC[C@H]2[C@@H]3CCC4=C[C@@H](O)C=C[C@]4(C)[C@H]3CC[C@]21C. The van der Waals surface area contributed by atoms with Gasteiger partial charge in [-0.05, 0) is 56.3 Å². The fourth-order valence-corrected chi connectivity index (χ4v) is 6.57. The molecule has 4 rings (SSSR count). The number of aliphatic hydroxyl groups excluding tert-OH is 1. The van der Waals surface area contributed by atoms with Crippen LogP contribution in [0.15, 0.2) is 23.8 Å². The molecule has 0 spiro atoms. The Morgan fingerprint density at radius 3 is 2.65 bits per heavy atom. The van der Waals surface area contributed by atoms with Crippen molar-refractivity contribution >= 4 is 0 Å². The Balaban J connectivity index is 1.70. The van der Waals surface area contributed by atoms with Crippen molar-refractivity contribution in [3.05, 3.63) is 23.8 Å². The second-order valence-electron chi connectivity index (χ2n) is 8.74. The van der Waals surface area contributed by atoms with Crippen LogP contribution >= 0.6 is 0 Å². The molecule has 2 nitrogen and oxygen atoms in total. The van der Waals surface area contributed by atoms with Crippen molar-refractivity contribution in [1.82, 2.24) is 0 Å². The zero-order chi connectivity index (χ0) is 16.5. The van der Waals surface area contributed by atoms with Crippen LogP contribution in [-0.4, -0.2) is 21.9 Å². The molecule has 0 aromatic carbocycles. The van der Waals surface area contributed by atoms with Crippen LogP contribution in [0, 0.1) is 40.9 Å². The summed E-state index contributed by atoms with van der Waals surface area (Å²) in [6.45, 7) is 4.58. The number of aliphatic hydroxyl groups is 2. The number of fused-ring (bicyclic) bond motifs is 5. The van der Waals surface area contributed by atoms with Crippen LogP contribution in [0.2, 0.25) is 0 Å². The van der Waals surface area contributed by atoms with E-state index in [1.807, 2.05) is 6.08 Å². The Morgan fingerprint density at radius 2 is 1.91 bits per heavy atom. The zero-order valence-electron chi connectivity index (χ0n) is 14.3. The molecule has 3 fully saturated rings. The summed E-state index contributed by atoms with van der Waals surface area (Å²) in [5.74, 6) is 4.53.